The smallest absolute Gasteiger partial charge is 0.484 e. The molecular formula is C19H18ClF4N3O4. The van der Waals surface area contributed by atoms with Crippen LogP contribution in [0.5, 0.6) is 11.5 Å². The van der Waals surface area contributed by atoms with Crippen molar-refractivity contribution in [1.29, 1.82) is 0 Å². The van der Waals surface area contributed by atoms with Gasteiger partial charge < -0.3 is 20.1 Å². The van der Waals surface area contributed by atoms with Gasteiger partial charge in [-0.1, -0.05) is 11.6 Å². The minimum absolute atomic E-state index is 0.0518. The van der Waals surface area contributed by atoms with Crippen molar-refractivity contribution >= 4 is 29.2 Å². The molecule has 0 spiro atoms. The number of benzene rings is 1. The van der Waals surface area contributed by atoms with Gasteiger partial charge in [0.2, 0.25) is 5.91 Å². The van der Waals surface area contributed by atoms with Crippen LogP contribution < -0.4 is 20.1 Å². The van der Waals surface area contributed by atoms with Crippen molar-refractivity contribution in [3.8, 4) is 11.5 Å². The Kier molecular flexibility index (Phi) is 8.86. The van der Waals surface area contributed by atoms with Gasteiger partial charge in [-0.25, -0.2) is 9.37 Å². The van der Waals surface area contributed by atoms with Crippen LogP contribution >= 0.6 is 11.6 Å². The Morgan fingerprint density at radius 2 is 1.81 bits per heavy atom. The van der Waals surface area contributed by atoms with Crippen molar-refractivity contribution < 1.29 is 36.6 Å². The molecule has 1 heterocycles. The van der Waals surface area contributed by atoms with E-state index in [9.17, 15) is 27.2 Å². The quantitative estimate of drug-likeness (QED) is 0.409. The zero-order chi connectivity index (χ0) is 22.9. The second kappa shape index (κ2) is 11.3. The summed E-state index contributed by atoms with van der Waals surface area (Å²) in [6, 6.07) is 6.04. The highest BCUT2D eigenvalue weighted by molar-refractivity contribution is 6.30. The van der Waals surface area contributed by atoms with Crippen LogP contribution in [0, 0.1) is 5.82 Å². The van der Waals surface area contributed by atoms with Gasteiger partial charge in [-0.15, -0.1) is 13.2 Å². The lowest BCUT2D eigenvalue weighted by Gasteiger charge is -2.09. The number of aromatic nitrogens is 1. The number of ether oxygens (including phenoxy) is 2. The number of rotatable bonds is 10. The van der Waals surface area contributed by atoms with E-state index in [1.54, 1.807) is 0 Å². The molecule has 2 rings (SSSR count). The maximum atomic E-state index is 13.3. The summed E-state index contributed by atoms with van der Waals surface area (Å²) in [5.41, 5.74) is 0. The van der Waals surface area contributed by atoms with Gasteiger partial charge in [0.1, 0.15) is 23.1 Å². The van der Waals surface area contributed by atoms with Crippen LogP contribution in [0.2, 0.25) is 5.02 Å². The SMILES string of the molecule is O=C(COc1ccc(Cl)c(F)c1)NCCCCC(=O)Nc1ccc(OC(F)(F)F)cn1. The highest BCUT2D eigenvalue weighted by Crippen LogP contribution is 2.22. The standard InChI is InChI=1S/C19H18ClF4N3O4/c20-14-6-4-12(9-15(14)21)30-11-18(29)25-8-2-1-3-17(28)27-16-7-5-13(10-26-16)31-19(22,23)24/h4-7,9-10H,1-3,8,11H2,(H,25,29)(H,26,27,28). The van der Waals surface area contributed by atoms with Crippen molar-refractivity contribution in [3.63, 3.8) is 0 Å². The molecule has 168 valence electrons. The second-order valence-electron chi connectivity index (χ2n) is 6.15. The molecule has 0 radical (unpaired) electrons. The van der Waals surface area contributed by atoms with Crippen LogP contribution in [0.15, 0.2) is 36.5 Å². The Morgan fingerprint density at radius 1 is 1.06 bits per heavy atom. The second-order valence-corrected chi connectivity index (χ2v) is 6.55. The van der Waals surface area contributed by atoms with Gasteiger partial charge in [0.05, 0.1) is 11.2 Å². The van der Waals surface area contributed by atoms with Crippen LogP contribution in [0.3, 0.4) is 0 Å². The molecule has 12 heteroatoms. The molecule has 1 aromatic heterocycles. The van der Waals surface area contributed by atoms with E-state index in [-0.39, 0.29) is 35.5 Å². The maximum Gasteiger partial charge on any atom is 0.573 e. The lowest BCUT2D eigenvalue weighted by Crippen LogP contribution is -2.29. The Labute approximate surface area is 179 Å². The molecule has 0 atom stereocenters. The zero-order valence-corrected chi connectivity index (χ0v) is 16.7. The molecule has 31 heavy (non-hydrogen) atoms. The van der Waals surface area contributed by atoms with E-state index in [1.165, 1.54) is 18.2 Å². The molecule has 0 fully saturated rings. The van der Waals surface area contributed by atoms with E-state index in [2.05, 4.69) is 20.4 Å². The number of nitrogens with zero attached hydrogens (tertiary/aromatic N) is 1. The van der Waals surface area contributed by atoms with Crippen LogP contribution in [-0.2, 0) is 9.59 Å². The van der Waals surface area contributed by atoms with Gasteiger partial charge >= 0.3 is 6.36 Å². The summed E-state index contributed by atoms with van der Waals surface area (Å²) in [5, 5.41) is 4.99. The topological polar surface area (TPSA) is 89.5 Å². The fourth-order valence-corrected chi connectivity index (χ4v) is 2.38. The number of carbonyl (C=O) groups excluding carboxylic acids is 2. The molecular weight excluding hydrogens is 446 g/mol. The van der Waals surface area contributed by atoms with Crippen molar-refractivity contribution in [1.82, 2.24) is 10.3 Å². The molecule has 2 N–H and O–H groups in total. The van der Waals surface area contributed by atoms with Gasteiger partial charge in [0, 0.05) is 19.0 Å². The lowest BCUT2D eigenvalue weighted by molar-refractivity contribution is -0.274. The molecule has 0 aliphatic carbocycles. The first-order chi connectivity index (χ1) is 14.6. The Bertz CT molecular complexity index is 895. The number of amides is 2. The summed E-state index contributed by atoms with van der Waals surface area (Å²) in [6.45, 7) is -0.00649. The third-order valence-electron chi connectivity index (χ3n) is 3.65. The minimum Gasteiger partial charge on any atom is -0.484 e. The molecule has 0 aliphatic rings. The summed E-state index contributed by atoms with van der Waals surface area (Å²) < 4.78 is 58.4. The van der Waals surface area contributed by atoms with E-state index in [1.807, 2.05) is 0 Å². The number of pyridine rings is 1. The number of alkyl halides is 3. The van der Waals surface area contributed by atoms with E-state index in [0.717, 1.165) is 18.3 Å². The Hall–Kier alpha value is -3.08. The first-order valence-corrected chi connectivity index (χ1v) is 9.36. The van der Waals surface area contributed by atoms with Crippen LogP contribution in [-0.4, -0.2) is 36.3 Å². The molecule has 2 amide bonds. The van der Waals surface area contributed by atoms with Gasteiger partial charge in [-0.2, -0.15) is 0 Å². The predicted octanol–water partition coefficient (Wildman–Crippen LogP) is 4.08. The number of unbranched alkanes of at least 4 members (excludes halogenated alkanes) is 1. The van der Waals surface area contributed by atoms with E-state index in [0.29, 0.717) is 19.4 Å². The lowest BCUT2D eigenvalue weighted by atomic mass is 10.2. The van der Waals surface area contributed by atoms with Crippen LogP contribution in [0.4, 0.5) is 23.4 Å². The normalized spacial score (nSPS) is 11.0. The summed E-state index contributed by atoms with van der Waals surface area (Å²) in [7, 11) is 0. The van der Waals surface area contributed by atoms with E-state index >= 15 is 0 Å². The van der Waals surface area contributed by atoms with Crippen molar-refractivity contribution in [2.24, 2.45) is 0 Å². The number of nitrogens with one attached hydrogen (secondary N) is 2. The first-order valence-electron chi connectivity index (χ1n) is 8.98. The molecule has 0 saturated carbocycles. The zero-order valence-electron chi connectivity index (χ0n) is 16.0. The third kappa shape index (κ3) is 9.51. The summed E-state index contributed by atoms with van der Waals surface area (Å²) in [4.78, 5) is 27.2. The number of hydrogen-bond acceptors (Lipinski definition) is 5. The monoisotopic (exact) mass is 463 g/mol. The van der Waals surface area contributed by atoms with Crippen molar-refractivity contribution in [3.05, 3.63) is 47.4 Å². The maximum absolute atomic E-state index is 13.3. The van der Waals surface area contributed by atoms with Crippen LogP contribution in [0.1, 0.15) is 19.3 Å². The molecule has 1 aromatic carbocycles. The average Bonchev–Trinajstić information content (AvgIpc) is 2.69. The fourth-order valence-electron chi connectivity index (χ4n) is 2.26. The predicted molar refractivity (Wildman–Crippen MR) is 103 cm³/mol. The van der Waals surface area contributed by atoms with Gasteiger partial charge in [-0.3, -0.25) is 9.59 Å². The Balaban J connectivity index is 1.59. The van der Waals surface area contributed by atoms with Crippen molar-refractivity contribution in [2.75, 3.05) is 18.5 Å². The Morgan fingerprint density at radius 3 is 2.45 bits per heavy atom. The third-order valence-corrected chi connectivity index (χ3v) is 3.96. The van der Waals surface area contributed by atoms with Gasteiger partial charge in [0.15, 0.2) is 6.61 Å². The van der Waals surface area contributed by atoms with Gasteiger partial charge in [-0.05, 0) is 37.1 Å². The molecule has 0 saturated heterocycles. The fraction of sp³-hybridized carbons (Fsp3) is 0.316. The number of hydrogen-bond donors (Lipinski definition) is 2. The summed E-state index contributed by atoms with van der Waals surface area (Å²) in [5.74, 6) is -1.68. The van der Waals surface area contributed by atoms with E-state index < -0.39 is 23.8 Å². The first kappa shape index (κ1) is 24.2. The molecule has 7 nitrogen and oxygen atoms in total. The van der Waals surface area contributed by atoms with Crippen molar-refractivity contribution in [2.45, 2.75) is 25.6 Å². The molecule has 0 aliphatic heterocycles. The molecule has 0 unspecified atom stereocenters. The van der Waals surface area contributed by atoms with Crippen LogP contribution in [0.25, 0.3) is 0 Å². The van der Waals surface area contributed by atoms with Gasteiger partial charge in [0.25, 0.3) is 5.91 Å². The molecule has 0 bridgehead atoms. The number of anilines is 1. The average molecular weight is 464 g/mol. The largest absolute Gasteiger partial charge is 0.573 e. The number of carbonyl (C=O) groups is 2. The highest BCUT2D eigenvalue weighted by atomic mass is 35.5. The summed E-state index contributed by atoms with van der Waals surface area (Å²) >= 11 is 5.55. The summed E-state index contributed by atoms with van der Waals surface area (Å²) in [6.07, 6.45) is -2.90. The van der Waals surface area contributed by atoms with E-state index in [4.69, 9.17) is 16.3 Å². The molecule has 2 aromatic rings. The minimum atomic E-state index is -4.82. The highest BCUT2D eigenvalue weighted by Gasteiger charge is 2.31. The number of halogens is 5.